The van der Waals surface area contributed by atoms with Crippen molar-refractivity contribution in [2.75, 3.05) is 5.32 Å². The van der Waals surface area contributed by atoms with Crippen LogP contribution in [0.2, 0.25) is 0 Å². The molecule has 2 aromatic heterocycles. The summed E-state index contributed by atoms with van der Waals surface area (Å²) in [5, 5.41) is 12.4. The van der Waals surface area contributed by atoms with E-state index in [1.165, 1.54) is 0 Å². The Balaban J connectivity index is 1.87. The van der Waals surface area contributed by atoms with Crippen molar-refractivity contribution in [1.82, 2.24) is 14.5 Å². The Bertz CT molecular complexity index is 801. The molecule has 6 nitrogen and oxygen atoms in total. The standard InChI is InChI=1S/C15H16N4O2/c1-9(20)14-17-11-6-5-10(8-12(11)18-14)16-15(21)13-4-3-7-19(13)2/h3-9,20H,1-2H3,(H,16,21)(H,17,18). The van der Waals surface area contributed by atoms with Gasteiger partial charge in [0.05, 0.1) is 11.0 Å². The van der Waals surface area contributed by atoms with E-state index >= 15 is 0 Å². The zero-order chi connectivity index (χ0) is 15.0. The number of nitrogens with zero attached hydrogens (tertiary/aromatic N) is 2. The van der Waals surface area contributed by atoms with Crippen LogP contribution in [0.15, 0.2) is 36.5 Å². The van der Waals surface area contributed by atoms with E-state index in [0.29, 0.717) is 17.2 Å². The Morgan fingerprint density at radius 1 is 1.43 bits per heavy atom. The normalized spacial score (nSPS) is 12.5. The molecule has 1 aromatic carbocycles. The molecule has 21 heavy (non-hydrogen) atoms. The quantitative estimate of drug-likeness (QED) is 0.689. The van der Waals surface area contributed by atoms with Crippen LogP contribution in [0.3, 0.4) is 0 Å². The number of rotatable bonds is 3. The number of benzene rings is 1. The third-order valence-electron chi connectivity index (χ3n) is 3.33. The summed E-state index contributed by atoms with van der Waals surface area (Å²) < 4.78 is 1.76. The summed E-state index contributed by atoms with van der Waals surface area (Å²) in [7, 11) is 1.82. The van der Waals surface area contributed by atoms with Crippen LogP contribution in [0.25, 0.3) is 11.0 Å². The maximum Gasteiger partial charge on any atom is 0.272 e. The molecular weight excluding hydrogens is 268 g/mol. The highest BCUT2D eigenvalue weighted by atomic mass is 16.3. The lowest BCUT2D eigenvalue weighted by Gasteiger charge is -2.06. The van der Waals surface area contributed by atoms with E-state index in [1.54, 1.807) is 35.8 Å². The lowest BCUT2D eigenvalue weighted by atomic mass is 10.2. The second kappa shape index (κ2) is 5.06. The van der Waals surface area contributed by atoms with Crippen LogP contribution in [0.5, 0.6) is 0 Å². The van der Waals surface area contributed by atoms with Gasteiger partial charge in [-0.3, -0.25) is 4.79 Å². The second-order valence-corrected chi connectivity index (χ2v) is 4.99. The van der Waals surface area contributed by atoms with Crippen LogP contribution in [-0.4, -0.2) is 25.5 Å². The zero-order valence-corrected chi connectivity index (χ0v) is 11.8. The molecule has 0 aliphatic rings. The molecule has 3 rings (SSSR count). The minimum absolute atomic E-state index is 0.169. The van der Waals surface area contributed by atoms with Crippen LogP contribution in [0, 0.1) is 0 Å². The molecule has 0 spiro atoms. The second-order valence-electron chi connectivity index (χ2n) is 4.99. The topological polar surface area (TPSA) is 82.9 Å². The summed E-state index contributed by atoms with van der Waals surface area (Å²) in [4.78, 5) is 19.5. The summed E-state index contributed by atoms with van der Waals surface area (Å²) in [6, 6.07) is 8.97. The number of aromatic nitrogens is 3. The first-order valence-electron chi connectivity index (χ1n) is 6.65. The number of hydrogen-bond acceptors (Lipinski definition) is 3. The van der Waals surface area contributed by atoms with Gasteiger partial charge in [-0.15, -0.1) is 0 Å². The molecule has 108 valence electrons. The number of fused-ring (bicyclic) bond motifs is 1. The van der Waals surface area contributed by atoms with Gasteiger partial charge in [0.2, 0.25) is 0 Å². The summed E-state index contributed by atoms with van der Waals surface area (Å²) in [5.74, 6) is 0.341. The predicted molar refractivity (Wildman–Crippen MR) is 80.1 cm³/mol. The molecule has 1 atom stereocenters. The first kappa shape index (κ1) is 13.4. The number of carbonyl (C=O) groups excluding carboxylic acids is 1. The number of aromatic amines is 1. The fourth-order valence-electron chi connectivity index (χ4n) is 2.20. The van der Waals surface area contributed by atoms with Crippen LogP contribution >= 0.6 is 0 Å². The van der Waals surface area contributed by atoms with Crippen molar-refractivity contribution < 1.29 is 9.90 Å². The number of hydrogen-bond donors (Lipinski definition) is 3. The lowest BCUT2D eigenvalue weighted by Crippen LogP contribution is -2.15. The number of anilines is 1. The number of nitrogens with one attached hydrogen (secondary N) is 2. The van der Waals surface area contributed by atoms with Gasteiger partial charge in [0.1, 0.15) is 17.6 Å². The van der Waals surface area contributed by atoms with Gasteiger partial charge in [-0.05, 0) is 37.3 Å². The molecule has 1 amide bonds. The van der Waals surface area contributed by atoms with Crippen LogP contribution in [-0.2, 0) is 7.05 Å². The van der Waals surface area contributed by atoms with Gasteiger partial charge in [-0.1, -0.05) is 0 Å². The Kier molecular flexibility index (Phi) is 3.23. The van der Waals surface area contributed by atoms with E-state index in [0.717, 1.165) is 11.0 Å². The number of carbonyl (C=O) groups is 1. The molecule has 6 heteroatoms. The van der Waals surface area contributed by atoms with Crippen LogP contribution in [0.4, 0.5) is 5.69 Å². The average molecular weight is 284 g/mol. The summed E-state index contributed by atoms with van der Waals surface area (Å²) in [6.07, 6.45) is 1.17. The van der Waals surface area contributed by atoms with Crippen molar-refractivity contribution in [2.24, 2.45) is 7.05 Å². The van der Waals surface area contributed by atoms with Gasteiger partial charge in [0, 0.05) is 18.9 Å². The molecule has 2 heterocycles. The number of imidazole rings is 1. The number of H-pyrrole nitrogens is 1. The van der Waals surface area contributed by atoms with Gasteiger partial charge >= 0.3 is 0 Å². The molecule has 0 saturated carbocycles. The monoisotopic (exact) mass is 284 g/mol. The van der Waals surface area contributed by atoms with Crippen LogP contribution < -0.4 is 5.32 Å². The first-order chi connectivity index (χ1) is 10.0. The van der Waals surface area contributed by atoms with Gasteiger partial charge in [-0.25, -0.2) is 4.98 Å². The fraction of sp³-hybridized carbons (Fsp3) is 0.200. The summed E-state index contributed by atoms with van der Waals surface area (Å²) >= 11 is 0. The third-order valence-corrected chi connectivity index (χ3v) is 3.33. The average Bonchev–Trinajstić information content (AvgIpc) is 3.04. The molecular formula is C15H16N4O2. The first-order valence-corrected chi connectivity index (χ1v) is 6.65. The Morgan fingerprint density at radius 3 is 2.90 bits per heavy atom. The van der Waals surface area contributed by atoms with Gasteiger partial charge < -0.3 is 20.0 Å². The molecule has 0 aliphatic heterocycles. The molecule has 0 bridgehead atoms. The van der Waals surface area contributed by atoms with Crippen molar-refractivity contribution in [1.29, 1.82) is 0 Å². The molecule has 0 radical (unpaired) electrons. The van der Waals surface area contributed by atoms with Gasteiger partial charge in [0.25, 0.3) is 5.91 Å². The molecule has 0 aliphatic carbocycles. The zero-order valence-electron chi connectivity index (χ0n) is 11.8. The van der Waals surface area contributed by atoms with Crippen molar-refractivity contribution in [3.8, 4) is 0 Å². The number of aliphatic hydroxyl groups is 1. The van der Waals surface area contributed by atoms with Crippen molar-refractivity contribution in [3.05, 3.63) is 48.0 Å². The van der Waals surface area contributed by atoms with Gasteiger partial charge in [-0.2, -0.15) is 0 Å². The Labute approximate surface area is 121 Å². The van der Waals surface area contributed by atoms with Gasteiger partial charge in [0.15, 0.2) is 0 Å². The third kappa shape index (κ3) is 2.53. The summed E-state index contributed by atoms with van der Waals surface area (Å²) in [5.41, 5.74) is 2.79. The lowest BCUT2D eigenvalue weighted by molar-refractivity contribution is 0.101. The van der Waals surface area contributed by atoms with Crippen molar-refractivity contribution in [3.63, 3.8) is 0 Å². The number of amides is 1. The summed E-state index contributed by atoms with van der Waals surface area (Å²) in [6.45, 7) is 1.65. The van der Waals surface area contributed by atoms with E-state index in [4.69, 9.17) is 0 Å². The molecule has 0 saturated heterocycles. The smallest absolute Gasteiger partial charge is 0.272 e. The highest BCUT2D eigenvalue weighted by molar-refractivity contribution is 6.03. The maximum absolute atomic E-state index is 12.1. The number of aryl methyl sites for hydroxylation is 1. The molecule has 3 aromatic rings. The molecule has 3 N–H and O–H groups in total. The molecule has 1 unspecified atom stereocenters. The minimum Gasteiger partial charge on any atom is -0.385 e. The highest BCUT2D eigenvalue weighted by Crippen LogP contribution is 2.20. The Hall–Kier alpha value is -2.60. The van der Waals surface area contributed by atoms with E-state index in [-0.39, 0.29) is 5.91 Å². The SMILES string of the molecule is CC(O)c1nc2ccc(NC(=O)c3cccn3C)cc2[nH]1. The van der Waals surface area contributed by atoms with E-state index in [9.17, 15) is 9.90 Å². The maximum atomic E-state index is 12.1. The highest BCUT2D eigenvalue weighted by Gasteiger charge is 2.11. The largest absolute Gasteiger partial charge is 0.385 e. The van der Waals surface area contributed by atoms with Crippen molar-refractivity contribution >= 4 is 22.6 Å². The Morgan fingerprint density at radius 2 is 2.24 bits per heavy atom. The van der Waals surface area contributed by atoms with E-state index in [1.807, 2.05) is 19.3 Å². The number of aliphatic hydroxyl groups excluding tert-OH is 1. The van der Waals surface area contributed by atoms with E-state index in [2.05, 4.69) is 15.3 Å². The molecule has 0 fully saturated rings. The minimum atomic E-state index is -0.654. The van der Waals surface area contributed by atoms with Crippen LogP contribution in [0.1, 0.15) is 29.3 Å². The fourth-order valence-corrected chi connectivity index (χ4v) is 2.20. The van der Waals surface area contributed by atoms with Crippen molar-refractivity contribution in [2.45, 2.75) is 13.0 Å². The predicted octanol–water partition coefficient (Wildman–Crippen LogP) is 2.21. The van der Waals surface area contributed by atoms with E-state index < -0.39 is 6.10 Å².